The van der Waals surface area contributed by atoms with Gasteiger partial charge in [0.15, 0.2) is 5.82 Å². The molecule has 0 saturated heterocycles. The summed E-state index contributed by atoms with van der Waals surface area (Å²) in [4.78, 5) is 12.9. The fourth-order valence-corrected chi connectivity index (χ4v) is 4.78. The van der Waals surface area contributed by atoms with Crippen molar-refractivity contribution in [3.8, 4) is 17.0 Å². The smallest absolute Gasteiger partial charge is 0.236 e. The molecular weight excluding hydrogens is 316 g/mol. The second-order valence-corrected chi connectivity index (χ2v) is 7.55. The van der Waals surface area contributed by atoms with Crippen LogP contribution in [0.2, 0.25) is 0 Å². The summed E-state index contributed by atoms with van der Waals surface area (Å²) in [5, 5.41) is 21.5. The maximum atomic E-state index is 12.9. The maximum Gasteiger partial charge on any atom is 0.236 e. The largest absolute Gasteiger partial charge is 0.507 e. The van der Waals surface area contributed by atoms with Gasteiger partial charge in [-0.1, -0.05) is 18.6 Å². The van der Waals surface area contributed by atoms with E-state index in [1.54, 1.807) is 12.1 Å². The lowest BCUT2D eigenvalue weighted by Crippen LogP contribution is -2.35. The summed E-state index contributed by atoms with van der Waals surface area (Å²) in [6.07, 6.45) is 3.69. The second-order valence-electron chi connectivity index (χ2n) is 7.55. The van der Waals surface area contributed by atoms with Gasteiger partial charge in [-0.25, -0.2) is 0 Å². The molecule has 2 heterocycles. The Kier molecular flexibility index (Phi) is 2.98. The van der Waals surface area contributed by atoms with Crippen LogP contribution in [0.4, 0.5) is 5.82 Å². The number of carbonyl (C=O) groups excluding carboxylic acids is 1. The number of carbonyl (C=O) groups is 1. The summed E-state index contributed by atoms with van der Waals surface area (Å²) in [7, 11) is 0. The number of rotatable bonds is 1. The zero-order valence-corrected chi connectivity index (χ0v) is 13.8. The molecule has 2 aliphatic carbocycles. The summed E-state index contributed by atoms with van der Waals surface area (Å²) in [5.41, 5.74) is 7.77. The molecule has 2 aromatic rings. The van der Waals surface area contributed by atoms with Crippen molar-refractivity contribution >= 4 is 11.7 Å². The molecule has 4 N–H and O–H groups in total. The third-order valence-corrected chi connectivity index (χ3v) is 6.28. The van der Waals surface area contributed by atoms with Crippen LogP contribution in [0.5, 0.6) is 5.75 Å². The molecule has 25 heavy (non-hydrogen) atoms. The number of amides is 1. The van der Waals surface area contributed by atoms with E-state index < -0.39 is 5.41 Å². The molecule has 6 nitrogen and oxygen atoms in total. The molecule has 0 radical (unpaired) electrons. The van der Waals surface area contributed by atoms with E-state index in [1.807, 2.05) is 18.2 Å². The number of anilines is 1. The summed E-state index contributed by atoms with van der Waals surface area (Å²) in [6.45, 7) is 0. The number of hydrogen-bond acceptors (Lipinski definition) is 5. The van der Waals surface area contributed by atoms with Crippen LogP contribution >= 0.6 is 0 Å². The minimum Gasteiger partial charge on any atom is -0.507 e. The van der Waals surface area contributed by atoms with Crippen LogP contribution in [0.25, 0.3) is 11.3 Å². The van der Waals surface area contributed by atoms with Gasteiger partial charge in [0.2, 0.25) is 5.91 Å². The van der Waals surface area contributed by atoms with E-state index in [9.17, 15) is 9.90 Å². The summed E-state index contributed by atoms with van der Waals surface area (Å²) in [5.74, 6) is 1.71. The van der Waals surface area contributed by atoms with Crippen molar-refractivity contribution in [1.29, 1.82) is 0 Å². The minimum absolute atomic E-state index is 0.0194. The number of benzene rings is 1. The number of fused-ring (bicyclic) bond motifs is 3. The fraction of sp³-hybridized carbons (Fsp3) is 0.421. The third-order valence-electron chi connectivity index (χ3n) is 6.28. The lowest BCUT2D eigenvalue weighted by Gasteiger charge is -2.26. The number of nitrogens with zero attached hydrogens (tertiary/aromatic N) is 2. The van der Waals surface area contributed by atoms with Gasteiger partial charge in [0.25, 0.3) is 0 Å². The number of hydrogen-bond donors (Lipinski definition) is 3. The number of phenols is 1. The first-order valence-electron chi connectivity index (χ1n) is 8.84. The average Bonchev–Trinajstić information content (AvgIpc) is 3.19. The molecule has 1 aliphatic heterocycles. The zero-order valence-electron chi connectivity index (χ0n) is 13.8. The molecule has 5 rings (SSSR count). The lowest BCUT2D eigenvalue weighted by molar-refractivity contribution is -0.121. The van der Waals surface area contributed by atoms with Crippen LogP contribution < -0.4 is 11.1 Å². The summed E-state index contributed by atoms with van der Waals surface area (Å²) >= 11 is 0. The van der Waals surface area contributed by atoms with Gasteiger partial charge in [0.1, 0.15) is 5.75 Å². The number of phenolic OH excluding ortho intramolecular Hbond substituents is 1. The Hall–Kier alpha value is -2.47. The topological polar surface area (TPSA) is 101 Å². The average molecular weight is 336 g/mol. The van der Waals surface area contributed by atoms with Gasteiger partial charge in [-0.15, -0.1) is 10.2 Å². The molecule has 1 aromatic carbocycles. The zero-order chi connectivity index (χ0) is 17.2. The van der Waals surface area contributed by atoms with Crippen LogP contribution in [-0.4, -0.2) is 27.3 Å². The van der Waals surface area contributed by atoms with Gasteiger partial charge in [0.05, 0.1) is 11.1 Å². The Morgan fingerprint density at radius 1 is 1.24 bits per heavy atom. The van der Waals surface area contributed by atoms with E-state index in [1.165, 1.54) is 0 Å². The molecule has 2 saturated carbocycles. The van der Waals surface area contributed by atoms with Crippen molar-refractivity contribution in [3.63, 3.8) is 0 Å². The van der Waals surface area contributed by atoms with Gasteiger partial charge < -0.3 is 16.2 Å². The Bertz CT molecular complexity index is 883. The van der Waals surface area contributed by atoms with E-state index >= 15 is 0 Å². The van der Waals surface area contributed by atoms with Gasteiger partial charge >= 0.3 is 0 Å². The Morgan fingerprint density at radius 3 is 2.92 bits per heavy atom. The minimum atomic E-state index is -0.558. The first-order valence-corrected chi connectivity index (χ1v) is 8.84. The molecule has 1 spiro atoms. The highest BCUT2D eigenvalue weighted by Crippen LogP contribution is 2.56. The van der Waals surface area contributed by atoms with Crippen molar-refractivity contribution in [2.45, 2.75) is 37.1 Å². The van der Waals surface area contributed by atoms with Crippen LogP contribution in [0.15, 0.2) is 30.3 Å². The van der Waals surface area contributed by atoms with E-state index in [-0.39, 0.29) is 17.7 Å². The standard InChI is InChI=1S/C19H20N4O2/c20-16-10-5-3-7-19(9-12(10)16)13-8-14(11-4-1-2-6-15(11)24)22-23-17(13)21-18(19)25/h1-2,4,6,8,10,12,16,24H,3,5,7,9,20H2,(H,21,23,25)/t10?,12?,16-,19?/m1/s1. The van der Waals surface area contributed by atoms with Crippen molar-refractivity contribution in [2.75, 3.05) is 5.32 Å². The molecule has 0 bridgehead atoms. The van der Waals surface area contributed by atoms with Crippen LogP contribution in [-0.2, 0) is 10.2 Å². The van der Waals surface area contributed by atoms with Crippen molar-refractivity contribution in [2.24, 2.45) is 17.6 Å². The molecule has 2 fully saturated rings. The summed E-state index contributed by atoms with van der Waals surface area (Å²) in [6, 6.07) is 9.20. The Morgan fingerprint density at radius 2 is 2.08 bits per heavy atom. The molecular formula is C19H20N4O2. The van der Waals surface area contributed by atoms with Gasteiger partial charge in [-0.3, -0.25) is 4.79 Å². The molecule has 1 amide bonds. The van der Waals surface area contributed by atoms with Crippen molar-refractivity contribution in [3.05, 3.63) is 35.9 Å². The normalized spacial score (nSPS) is 32.7. The van der Waals surface area contributed by atoms with Crippen LogP contribution in [0, 0.1) is 11.8 Å². The monoisotopic (exact) mass is 336 g/mol. The number of aromatic nitrogens is 2. The fourth-order valence-electron chi connectivity index (χ4n) is 4.78. The number of nitrogens with one attached hydrogen (secondary N) is 1. The van der Waals surface area contributed by atoms with Gasteiger partial charge in [-0.05, 0) is 49.3 Å². The van der Waals surface area contributed by atoms with E-state index in [0.717, 1.165) is 31.2 Å². The Labute approximate surface area is 145 Å². The lowest BCUT2D eigenvalue weighted by atomic mass is 9.74. The highest BCUT2D eigenvalue weighted by Gasteiger charge is 2.58. The maximum absolute atomic E-state index is 12.9. The van der Waals surface area contributed by atoms with E-state index in [2.05, 4.69) is 15.5 Å². The van der Waals surface area contributed by atoms with Gasteiger partial charge in [0, 0.05) is 17.2 Å². The van der Waals surface area contributed by atoms with E-state index in [0.29, 0.717) is 28.9 Å². The van der Waals surface area contributed by atoms with Crippen LogP contribution in [0.3, 0.4) is 0 Å². The summed E-state index contributed by atoms with van der Waals surface area (Å²) < 4.78 is 0. The second kappa shape index (κ2) is 5.02. The quantitative estimate of drug-likeness (QED) is 0.741. The molecule has 3 aliphatic rings. The highest BCUT2D eigenvalue weighted by molar-refractivity contribution is 6.05. The molecule has 1 aromatic heterocycles. The number of nitrogens with two attached hydrogens (primary N) is 1. The third kappa shape index (κ3) is 2.03. The predicted molar refractivity (Wildman–Crippen MR) is 92.9 cm³/mol. The number of aromatic hydroxyl groups is 1. The van der Waals surface area contributed by atoms with Crippen LogP contribution in [0.1, 0.15) is 31.2 Å². The van der Waals surface area contributed by atoms with Crippen molar-refractivity contribution < 1.29 is 9.90 Å². The predicted octanol–water partition coefficient (Wildman–Crippen LogP) is 2.19. The SMILES string of the molecule is N[C@@H]1C2CCCC3(CC21)C(=O)Nc1nnc(-c2ccccc2O)cc13. The Balaban J connectivity index is 1.62. The number of para-hydroxylation sites is 1. The molecule has 128 valence electrons. The molecule has 4 atom stereocenters. The first kappa shape index (κ1) is 14.8. The first-order chi connectivity index (χ1) is 12.1. The van der Waals surface area contributed by atoms with Crippen molar-refractivity contribution in [1.82, 2.24) is 10.2 Å². The molecule has 3 unspecified atom stereocenters. The van der Waals surface area contributed by atoms with E-state index in [4.69, 9.17) is 5.73 Å². The highest BCUT2D eigenvalue weighted by atomic mass is 16.3. The van der Waals surface area contributed by atoms with Gasteiger partial charge in [-0.2, -0.15) is 0 Å². The molecule has 6 heteroatoms.